The van der Waals surface area contributed by atoms with Crippen LogP contribution in [0.4, 0.5) is 5.82 Å². The van der Waals surface area contributed by atoms with Crippen LogP contribution in [0.2, 0.25) is 0 Å². The van der Waals surface area contributed by atoms with E-state index in [0.717, 1.165) is 44.8 Å². The number of primary amides is 1. The molecule has 0 aliphatic carbocycles. The van der Waals surface area contributed by atoms with Crippen molar-refractivity contribution in [1.82, 2.24) is 10.3 Å². The van der Waals surface area contributed by atoms with Crippen LogP contribution in [0.25, 0.3) is 0 Å². The smallest absolute Gasteiger partial charge is 0.252 e. The van der Waals surface area contributed by atoms with Crippen LogP contribution in [-0.2, 0) is 0 Å². The molecule has 2 aliphatic heterocycles. The first-order valence-electron chi connectivity index (χ1n) is 7.66. The van der Waals surface area contributed by atoms with Crippen molar-refractivity contribution in [2.45, 2.75) is 31.8 Å². The molecule has 22 heavy (non-hydrogen) atoms. The summed E-state index contributed by atoms with van der Waals surface area (Å²) < 4.78 is 5.94. The number of pyridine rings is 1. The fraction of sp³-hybridized carbons (Fsp3) is 0.600. The summed E-state index contributed by atoms with van der Waals surface area (Å²) in [6, 6.07) is 1.77. The van der Waals surface area contributed by atoms with Crippen LogP contribution < -0.4 is 20.7 Å². The SMILES string of the molecule is Cl.NC(=O)c1cc(N2CCCC2)ncc1OC1CCNCC1. The molecule has 1 aromatic heterocycles. The third-order valence-electron chi connectivity index (χ3n) is 4.13. The van der Waals surface area contributed by atoms with Gasteiger partial charge in [0, 0.05) is 13.1 Å². The molecule has 3 heterocycles. The lowest BCUT2D eigenvalue weighted by atomic mass is 10.1. The fourth-order valence-corrected chi connectivity index (χ4v) is 2.93. The number of anilines is 1. The van der Waals surface area contributed by atoms with Crippen molar-refractivity contribution in [3.05, 3.63) is 17.8 Å². The van der Waals surface area contributed by atoms with Crippen LogP contribution in [0.5, 0.6) is 5.75 Å². The lowest BCUT2D eigenvalue weighted by molar-refractivity contribution is 0.0989. The zero-order valence-corrected chi connectivity index (χ0v) is 13.4. The highest BCUT2D eigenvalue weighted by atomic mass is 35.5. The first-order chi connectivity index (χ1) is 10.2. The molecule has 1 aromatic rings. The van der Waals surface area contributed by atoms with Gasteiger partial charge in [-0.1, -0.05) is 0 Å². The quantitative estimate of drug-likeness (QED) is 0.872. The van der Waals surface area contributed by atoms with Crippen molar-refractivity contribution in [3.63, 3.8) is 0 Å². The van der Waals surface area contributed by atoms with Gasteiger partial charge in [-0.05, 0) is 44.8 Å². The standard InChI is InChI=1S/C15H22N4O2.ClH/c16-15(20)12-9-14(19-7-1-2-8-19)18-10-13(12)21-11-3-5-17-6-4-11;/h9-11,17H,1-8H2,(H2,16,20);1H. The van der Waals surface area contributed by atoms with Gasteiger partial charge in [0.25, 0.3) is 5.91 Å². The molecule has 6 nitrogen and oxygen atoms in total. The highest BCUT2D eigenvalue weighted by Crippen LogP contribution is 2.26. The van der Waals surface area contributed by atoms with Gasteiger partial charge < -0.3 is 20.7 Å². The summed E-state index contributed by atoms with van der Waals surface area (Å²) >= 11 is 0. The van der Waals surface area contributed by atoms with E-state index in [1.54, 1.807) is 12.3 Å². The normalized spacial score (nSPS) is 18.8. The van der Waals surface area contributed by atoms with Crippen molar-refractivity contribution in [3.8, 4) is 5.75 Å². The number of nitrogens with two attached hydrogens (primary N) is 1. The number of carbonyl (C=O) groups is 1. The minimum Gasteiger partial charge on any atom is -0.488 e. The van der Waals surface area contributed by atoms with Gasteiger partial charge in [0.2, 0.25) is 0 Å². The van der Waals surface area contributed by atoms with Gasteiger partial charge in [0.05, 0.1) is 11.8 Å². The van der Waals surface area contributed by atoms with Crippen LogP contribution in [0.1, 0.15) is 36.0 Å². The maximum atomic E-state index is 11.7. The van der Waals surface area contributed by atoms with E-state index in [2.05, 4.69) is 15.2 Å². The molecule has 0 atom stereocenters. The van der Waals surface area contributed by atoms with E-state index in [1.807, 2.05) is 0 Å². The molecule has 3 N–H and O–H groups in total. The van der Waals surface area contributed by atoms with E-state index in [4.69, 9.17) is 10.5 Å². The molecule has 0 radical (unpaired) electrons. The molecular weight excluding hydrogens is 304 g/mol. The third-order valence-corrected chi connectivity index (χ3v) is 4.13. The first-order valence-corrected chi connectivity index (χ1v) is 7.66. The average Bonchev–Trinajstić information content (AvgIpc) is 3.03. The third kappa shape index (κ3) is 3.81. The second kappa shape index (κ2) is 7.65. The van der Waals surface area contributed by atoms with Crippen molar-refractivity contribution in [2.75, 3.05) is 31.1 Å². The lowest BCUT2D eigenvalue weighted by Gasteiger charge is -2.25. The molecule has 0 aromatic carbocycles. The van der Waals surface area contributed by atoms with Crippen molar-refractivity contribution < 1.29 is 9.53 Å². The Labute approximate surface area is 136 Å². The minimum atomic E-state index is -0.457. The Bertz CT molecular complexity index is 514. The van der Waals surface area contributed by atoms with Gasteiger partial charge in [0.1, 0.15) is 11.9 Å². The van der Waals surface area contributed by atoms with Crippen molar-refractivity contribution >= 4 is 24.1 Å². The number of halogens is 1. The molecule has 7 heteroatoms. The highest BCUT2D eigenvalue weighted by molar-refractivity contribution is 5.96. The average molecular weight is 327 g/mol. The zero-order chi connectivity index (χ0) is 14.7. The second-order valence-electron chi connectivity index (χ2n) is 5.66. The van der Waals surface area contributed by atoms with E-state index in [0.29, 0.717) is 11.3 Å². The van der Waals surface area contributed by atoms with Gasteiger partial charge >= 0.3 is 0 Å². The predicted octanol–water partition coefficient (Wildman–Crippen LogP) is 1.33. The summed E-state index contributed by atoms with van der Waals surface area (Å²) in [5.41, 5.74) is 5.95. The van der Waals surface area contributed by atoms with E-state index >= 15 is 0 Å². The van der Waals surface area contributed by atoms with Crippen molar-refractivity contribution in [2.24, 2.45) is 5.73 Å². The number of hydrogen-bond acceptors (Lipinski definition) is 5. The summed E-state index contributed by atoms with van der Waals surface area (Å²) in [7, 11) is 0. The predicted molar refractivity (Wildman–Crippen MR) is 88.0 cm³/mol. The summed E-state index contributed by atoms with van der Waals surface area (Å²) in [5.74, 6) is 0.873. The Morgan fingerprint density at radius 3 is 2.64 bits per heavy atom. The number of nitrogens with one attached hydrogen (secondary N) is 1. The Balaban J connectivity index is 0.00000176. The minimum absolute atomic E-state index is 0. The van der Waals surface area contributed by atoms with Crippen LogP contribution in [0.3, 0.4) is 0 Å². The second-order valence-corrected chi connectivity index (χ2v) is 5.66. The Morgan fingerprint density at radius 1 is 1.32 bits per heavy atom. The number of aromatic nitrogens is 1. The topological polar surface area (TPSA) is 80.5 Å². The van der Waals surface area contributed by atoms with Crippen LogP contribution in [0.15, 0.2) is 12.3 Å². The zero-order valence-electron chi connectivity index (χ0n) is 12.6. The molecular formula is C15H23ClN4O2. The number of nitrogens with zero attached hydrogens (tertiary/aromatic N) is 2. The molecule has 2 aliphatic rings. The maximum absolute atomic E-state index is 11.7. The molecule has 0 unspecified atom stereocenters. The number of rotatable bonds is 4. The number of amides is 1. The fourth-order valence-electron chi connectivity index (χ4n) is 2.93. The van der Waals surface area contributed by atoms with Crippen LogP contribution in [0, 0.1) is 0 Å². The van der Waals surface area contributed by atoms with Gasteiger partial charge in [-0.25, -0.2) is 4.98 Å². The Morgan fingerprint density at radius 2 is 2.00 bits per heavy atom. The molecule has 0 saturated carbocycles. The molecule has 2 fully saturated rings. The Kier molecular flexibility index (Phi) is 5.85. The number of piperidine rings is 1. The van der Waals surface area contributed by atoms with E-state index in [9.17, 15) is 4.79 Å². The van der Waals surface area contributed by atoms with Gasteiger partial charge in [-0.15, -0.1) is 12.4 Å². The van der Waals surface area contributed by atoms with Gasteiger partial charge in [0.15, 0.2) is 5.75 Å². The maximum Gasteiger partial charge on any atom is 0.252 e. The van der Waals surface area contributed by atoms with Crippen molar-refractivity contribution in [1.29, 1.82) is 0 Å². The molecule has 3 rings (SSSR count). The largest absolute Gasteiger partial charge is 0.488 e. The van der Waals surface area contributed by atoms with E-state index in [-0.39, 0.29) is 18.5 Å². The molecule has 0 spiro atoms. The molecule has 0 bridgehead atoms. The molecule has 2 saturated heterocycles. The summed E-state index contributed by atoms with van der Waals surface area (Å²) in [5, 5.41) is 3.29. The van der Waals surface area contributed by atoms with Gasteiger partial charge in [-0.2, -0.15) is 0 Å². The molecule has 122 valence electrons. The highest BCUT2D eigenvalue weighted by Gasteiger charge is 2.21. The monoisotopic (exact) mass is 326 g/mol. The summed E-state index contributed by atoms with van der Waals surface area (Å²) in [4.78, 5) is 18.3. The molecule has 1 amide bonds. The lowest BCUT2D eigenvalue weighted by Crippen LogP contribution is -2.34. The number of hydrogen-bond donors (Lipinski definition) is 2. The number of ether oxygens (including phenoxy) is 1. The number of carbonyl (C=O) groups excluding carboxylic acids is 1. The Hall–Kier alpha value is -1.53. The van der Waals surface area contributed by atoms with E-state index < -0.39 is 5.91 Å². The van der Waals surface area contributed by atoms with E-state index in [1.165, 1.54) is 12.8 Å². The van der Waals surface area contributed by atoms with Crippen LogP contribution >= 0.6 is 12.4 Å². The summed E-state index contributed by atoms with van der Waals surface area (Å²) in [6.07, 6.45) is 5.99. The van der Waals surface area contributed by atoms with Gasteiger partial charge in [-0.3, -0.25) is 4.79 Å². The van der Waals surface area contributed by atoms with Crippen LogP contribution in [-0.4, -0.2) is 43.2 Å². The summed E-state index contributed by atoms with van der Waals surface area (Å²) in [6.45, 7) is 3.85. The first kappa shape index (κ1) is 16.8.